The number of fused-ring (bicyclic) bond motifs is 1. The van der Waals surface area contributed by atoms with Crippen LogP contribution in [0.3, 0.4) is 0 Å². The molecule has 1 aliphatic rings. The first kappa shape index (κ1) is 22.5. The van der Waals surface area contributed by atoms with Gasteiger partial charge in [0.05, 0.1) is 30.3 Å². The van der Waals surface area contributed by atoms with Crippen LogP contribution in [0.15, 0.2) is 24.7 Å². The van der Waals surface area contributed by atoms with Crippen molar-refractivity contribution < 1.29 is 13.2 Å². The number of nitrogens with zero attached hydrogens (tertiary/aromatic N) is 5. The zero-order valence-electron chi connectivity index (χ0n) is 17.7. The van der Waals surface area contributed by atoms with Crippen LogP contribution in [-0.2, 0) is 6.18 Å². The van der Waals surface area contributed by atoms with Crippen molar-refractivity contribution in [2.45, 2.75) is 44.4 Å². The Morgan fingerprint density at radius 3 is 2.82 bits per heavy atom. The van der Waals surface area contributed by atoms with E-state index in [9.17, 15) is 13.2 Å². The molecule has 0 aliphatic carbocycles. The number of rotatable bonds is 5. The Bertz CT molecular complexity index is 1230. The van der Waals surface area contributed by atoms with Gasteiger partial charge in [0.2, 0.25) is 11.6 Å². The fourth-order valence-electron chi connectivity index (χ4n) is 4.05. The Labute approximate surface area is 188 Å². The fraction of sp³-hybridized carbons (Fsp3) is 0.409. The molecule has 0 saturated carbocycles. The molecule has 33 heavy (non-hydrogen) atoms. The van der Waals surface area contributed by atoms with Crippen LogP contribution >= 0.6 is 0 Å². The molecule has 1 aliphatic heterocycles. The van der Waals surface area contributed by atoms with Gasteiger partial charge in [-0.1, -0.05) is 0 Å². The number of hydrogen-bond acceptors (Lipinski definition) is 6. The van der Waals surface area contributed by atoms with Crippen LogP contribution in [0.5, 0.6) is 0 Å². The predicted octanol–water partition coefficient (Wildman–Crippen LogP) is 4.67. The normalized spacial score (nSPS) is 19.6. The Morgan fingerprint density at radius 1 is 1.33 bits per heavy atom. The lowest BCUT2D eigenvalue weighted by Crippen LogP contribution is -2.44. The van der Waals surface area contributed by atoms with E-state index in [1.165, 1.54) is 12.4 Å². The van der Waals surface area contributed by atoms with Gasteiger partial charge in [-0.05, 0) is 31.7 Å². The van der Waals surface area contributed by atoms with Crippen molar-refractivity contribution in [1.82, 2.24) is 25.3 Å². The molecule has 0 bridgehead atoms. The molecule has 11 heteroatoms. The van der Waals surface area contributed by atoms with Crippen LogP contribution in [0.4, 0.5) is 24.8 Å². The molecule has 0 aromatic carbocycles. The summed E-state index contributed by atoms with van der Waals surface area (Å²) in [4.78, 5) is 18.9. The average molecular weight is 454 g/mol. The van der Waals surface area contributed by atoms with Crippen LogP contribution < -0.4 is 10.6 Å². The predicted molar refractivity (Wildman–Crippen MR) is 116 cm³/mol. The first-order chi connectivity index (χ1) is 15.8. The summed E-state index contributed by atoms with van der Waals surface area (Å²) in [6, 6.07) is 3.40. The quantitative estimate of drug-likeness (QED) is 0.484. The average Bonchev–Trinajstić information content (AvgIpc) is 3.22. The lowest BCUT2D eigenvalue weighted by molar-refractivity contribution is -0.137. The molecule has 3 aromatic rings. The van der Waals surface area contributed by atoms with Crippen LogP contribution in [0.1, 0.15) is 31.7 Å². The van der Waals surface area contributed by atoms with Gasteiger partial charge in [0.15, 0.2) is 0 Å². The Kier molecular flexibility index (Phi) is 6.16. The molecular formula is C22H21F3N8. The molecule has 3 atom stereocenters. The van der Waals surface area contributed by atoms with Gasteiger partial charge in [-0.3, -0.25) is 0 Å². The monoisotopic (exact) mass is 454 g/mol. The van der Waals surface area contributed by atoms with E-state index in [1.54, 1.807) is 0 Å². The zero-order valence-corrected chi connectivity index (χ0v) is 17.7. The molecule has 3 unspecified atom stereocenters. The van der Waals surface area contributed by atoms with E-state index < -0.39 is 11.7 Å². The molecule has 8 nitrogen and oxygen atoms in total. The van der Waals surface area contributed by atoms with Crippen molar-refractivity contribution in [3.8, 4) is 17.3 Å². The van der Waals surface area contributed by atoms with Crippen molar-refractivity contribution in [1.29, 1.82) is 5.26 Å². The summed E-state index contributed by atoms with van der Waals surface area (Å²) in [5.74, 6) is 0.581. The van der Waals surface area contributed by atoms with E-state index in [2.05, 4.69) is 41.5 Å². The SMILES string of the molecule is [C-]#[N+]c1cnc(NC(C)C2CCC(CC#N)NC2)nc1-c1c[nH]c2ncc(C(F)(F)F)cc12. The molecule has 3 N–H and O–H groups in total. The molecule has 0 radical (unpaired) electrons. The minimum atomic E-state index is -4.54. The first-order valence-electron chi connectivity index (χ1n) is 10.5. The topological polar surface area (TPSA) is 107 Å². The highest BCUT2D eigenvalue weighted by molar-refractivity contribution is 5.96. The molecule has 170 valence electrons. The minimum Gasteiger partial charge on any atom is -0.352 e. The van der Waals surface area contributed by atoms with Crippen LogP contribution in [0.25, 0.3) is 27.1 Å². The van der Waals surface area contributed by atoms with E-state index >= 15 is 0 Å². The maximum absolute atomic E-state index is 13.2. The number of hydrogen-bond donors (Lipinski definition) is 3. The fourth-order valence-corrected chi connectivity index (χ4v) is 4.05. The van der Waals surface area contributed by atoms with Crippen molar-refractivity contribution in [3.05, 3.63) is 41.6 Å². The number of anilines is 1. The highest BCUT2D eigenvalue weighted by atomic mass is 19.4. The van der Waals surface area contributed by atoms with E-state index in [4.69, 9.17) is 11.8 Å². The second-order valence-corrected chi connectivity index (χ2v) is 8.10. The Balaban J connectivity index is 1.61. The lowest BCUT2D eigenvalue weighted by atomic mass is 9.89. The van der Waals surface area contributed by atoms with Crippen molar-refractivity contribution in [3.63, 3.8) is 0 Å². The molecular weight excluding hydrogens is 433 g/mol. The molecule has 0 amide bonds. The summed E-state index contributed by atoms with van der Waals surface area (Å²) >= 11 is 0. The van der Waals surface area contributed by atoms with E-state index in [0.717, 1.165) is 31.6 Å². The van der Waals surface area contributed by atoms with E-state index in [-0.39, 0.29) is 34.5 Å². The number of nitriles is 1. The number of aromatic nitrogens is 4. The number of H-pyrrole nitrogens is 1. The van der Waals surface area contributed by atoms with Crippen molar-refractivity contribution >= 4 is 22.7 Å². The number of nitrogens with one attached hydrogen (secondary N) is 3. The second kappa shape index (κ2) is 9.04. The summed E-state index contributed by atoms with van der Waals surface area (Å²) in [5.41, 5.74) is 0.117. The summed E-state index contributed by atoms with van der Waals surface area (Å²) in [6.45, 7) is 10.2. The smallest absolute Gasteiger partial charge is 0.352 e. The molecule has 1 fully saturated rings. The zero-order chi connectivity index (χ0) is 23.6. The summed E-state index contributed by atoms with van der Waals surface area (Å²) in [7, 11) is 0. The van der Waals surface area contributed by atoms with Gasteiger partial charge in [-0.2, -0.15) is 18.4 Å². The Hall–Kier alpha value is -3.70. The van der Waals surface area contributed by atoms with Gasteiger partial charge in [-0.25, -0.2) is 19.8 Å². The maximum atomic E-state index is 13.2. The third-order valence-electron chi connectivity index (χ3n) is 5.96. The van der Waals surface area contributed by atoms with Crippen LogP contribution in [0, 0.1) is 23.8 Å². The van der Waals surface area contributed by atoms with Crippen LogP contribution in [-0.4, -0.2) is 38.6 Å². The minimum absolute atomic E-state index is 0.00800. The van der Waals surface area contributed by atoms with E-state index in [1.807, 2.05) is 6.92 Å². The second-order valence-electron chi connectivity index (χ2n) is 8.10. The molecule has 3 aromatic heterocycles. The molecule has 0 spiro atoms. The summed E-state index contributed by atoms with van der Waals surface area (Å²) in [6.07, 6.45) is 1.42. The largest absolute Gasteiger partial charge is 0.417 e. The van der Waals surface area contributed by atoms with Crippen LogP contribution in [0.2, 0.25) is 0 Å². The highest BCUT2D eigenvalue weighted by Crippen LogP contribution is 2.37. The number of alkyl halides is 3. The van der Waals surface area contributed by atoms with Gasteiger partial charge in [0.25, 0.3) is 0 Å². The molecule has 4 heterocycles. The number of pyridine rings is 1. The number of aromatic amines is 1. The maximum Gasteiger partial charge on any atom is 0.417 e. The lowest BCUT2D eigenvalue weighted by Gasteiger charge is -2.32. The third kappa shape index (κ3) is 4.73. The standard InChI is InChI=1S/C22H21F3N8/c1-12(13-3-4-15(5-6-26)28-8-13)32-21-31-11-18(27-2)19(33-21)17-10-30-20-16(17)7-14(9-29-20)22(23,24)25/h7,9-13,15,28H,3-5,8H2,1H3,(H,29,30)(H,31,32,33). The third-order valence-corrected chi connectivity index (χ3v) is 5.96. The van der Waals surface area contributed by atoms with Gasteiger partial charge in [-0.15, -0.1) is 0 Å². The number of halogens is 3. The summed E-state index contributed by atoms with van der Waals surface area (Å²) < 4.78 is 39.6. The van der Waals surface area contributed by atoms with Crippen molar-refractivity contribution in [2.75, 3.05) is 11.9 Å². The molecule has 1 saturated heterocycles. The first-order valence-corrected chi connectivity index (χ1v) is 10.5. The highest BCUT2D eigenvalue weighted by Gasteiger charge is 2.32. The number of piperidine rings is 1. The Morgan fingerprint density at radius 2 is 2.15 bits per heavy atom. The van der Waals surface area contributed by atoms with Crippen molar-refractivity contribution in [2.24, 2.45) is 5.92 Å². The summed E-state index contributed by atoms with van der Waals surface area (Å²) in [5, 5.41) is 15.7. The van der Waals surface area contributed by atoms with Gasteiger partial charge < -0.3 is 15.6 Å². The van der Waals surface area contributed by atoms with Gasteiger partial charge >= 0.3 is 6.18 Å². The molecule has 4 rings (SSSR count). The van der Waals surface area contributed by atoms with Gasteiger partial charge in [0.1, 0.15) is 5.65 Å². The van der Waals surface area contributed by atoms with Gasteiger partial charge in [0, 0.05) is 48.2 Å². The van der Waals surface area contributed by atoms with E-state index in [0.29, 0.717) is 23.9 Å².